The standard InChI is InChI=1S/C23H27NO7S/c1-23(2,3)31-14-18(21(25)26)24-19(20(22(27)30-4)32(24,28)29)17-12-10-16(11-13-17)15-8-6-5-7-9-15/h5-13,18-20H,14H2,1-4H3,(H,25,26)/t18-,19?,20?/m0/s1. The largest absolute Gasteiger partial charge is 0.480 e. The molecule has 1 fully saturated rings. The van der Waals surface area contributed by atoms with E-state index in [0.29, 0.717) is 5.56 Å². The van der Waals surface area contributed by atoms with Gasteiger partial charge in [0.1, 0.15) is 6.04 Å². The highest BCUT2D eigenvalue weighted by Gasteiger charge is 2.62. The summed E-state index contributed by atoms with van der Waals surface area (Å²) in [5.41, 5.74) is 1.71. The molecule has 2 aromatic carbocycles. The van der Waals surface area contributed by atoms with Crippen molar-refractivity contribution in [3.05, 3.63) is 60.2 Å². The molecule has 32 heavy (non-hydrogen) atoms. The number of hydrogen-bond acceptors (Lipinski definition) is 6. The molecule has 0 radical (unpaired) electrons. The molecule has 0 bridgehead atoms. The number of carbonyl (C=O) groups is 2. The van der Waals surface area contributed by atoms with Gasteiger partial charge in [0.15, 0.2) is 5.25 Å². The van der Waals surface area contributed by atoms with E-state index >= 15 is 0 Å². The Morgan fingerprint density at radius 1 is 1.03 bits per heavy atom. The third kappa shape index (κ3) is 4.69. The molecule has 172 valence electrons. The van der Waals surface area contributed by atoms with Crippen LogP contribution in [-0.4, -0.2) is 60.4 Å². The third-order valence-corrected chi connectivity index (χ3v) is 7.40. The van der Waals surface area contributed by atoms with Gasteiger partial charge in [-0.3, -0.25) is 9.59 Å². The number of hydrogen-bond donors (Lipinski definition) is 1. The normalized spacial score (nSPS) is 21.4. The van der Waals surface area contributed by atoms with Crippen molar-refractivity contribution in [3.63, 3.8) is 0 Å². The summed E-state index contributed by atoms with van der Waals surface area (Å²) in [6, 6.07) is 14.1. The van der Waals surface area contributed by atoms with Crippen molar-refractivity contribution in [2.45, 2.75) is 43.7 Å². The number of benzene rings is 2. The van der Waals surface area contributed by atoms with Crippen molar-refractivity contribution >= 4 is 22.0 Å². The number of carboxylic acids is 1. The van der Waals surface area contributed by atoms with Crippen LogP contribution in [0, 0.1) is 0 Å². The maximum absolute atomic E-state index is 13.0. The number of carbonyl (C=O) groups excluding carboxylic acids is 1. The van der Waals surface area contributed by atoms with Gasteiger partial charge in [-0.2, -0.15) is 4.31 Å². The fourth-order valence-corrected chi connectivity index (χ4v) is 5.76. The van der Waals surface area contributed by atoms with Crippen LogP contribution in [0.1, 0.15) is 32.4 Å². The number of sulfonamides is 1. The molecule has 1 heterocycles. The predicted octanol–water partition coefficient (Wildman–Crippen LogP) is 2.85. The van der Waals surface area contributed by atoms with Crippen LogP contribution in [0.2, 0.25) is 0 Å². The SMILES string of the molecule is COC(=O)C1C(c2ccc(-c3ccccc3)cc2)N([C@@H](COC(C)(C)C)C(=O)O)S1(=O)=O. The van der Waals surface area contributed by atoms with Crippen LogP contribution in [0.3, 0.4) is 0 Å². The number of carboxylic acid groups (broad SMARTS) is 1. The van der Waals surface area contributed by atoms with Crippen molar-refractivity contribution < 1.29 is 32.6 Å². The summed E-state index contributed by atoms with van der Waals surface area (Å²) < 4.78 is 37.1. The summed E-state index contributed by atoms with van der Waals surface area (Å²) in [6.45, 7) is 4.87. The molecule has 0 saturated carbocycles. The molecule has 9 heteroatoms. The van der Waals surface area contributed by atoms with Gasteiger partial charge < -0.3 is 14.6 Å². The Morgan fingerprint density at radius 3 is 2.09 bits per heavy atom. The van der Waals surface area contributed by atoms with Gasteiger partial charge in [0.2, 0.25) is 10.0 Å². The van der Waals surface area contributed by atoms with Crippen molar-refractivity contribution in [3.8, 4) is 11.1 Å². The van der Waals surface area contributed by atoms with Crippen molar-refractivity contribution in [2.24, 2.45) is 0 Å². The lowest BCUT2D eigenvalue weighted by Gasteiger charge is -2.47. The smallest absolute Gasteiger partial charge is 0.327 e. The summed E-state index contributed by atoms with van der Waals surface area (Å²) in [7, 11) is -3.14. The van der Waals surface area contributed by atoms with Gasteiger partial charge in [0.05, 0.1) is 25.4 Å². The molecule has 1 N–H and O–H groups in total. The van der Waals surface area contributed by atoms with Gasteiger partial charge in [0, 0.05) is 0 Å². The van der Waals surface area contributed by atoms with E-state index in [1.165, 1.54) is 0 Å². The van der Waals surface area contributed by atoms with Gasteiger partial charge in [0.25, 0.3) is 0 Å². The van der Waals surface area contributed by atoms with Crippen LogP contribution in [0.5, 0.6) is 0 Å². The number of nitrogens with zero attached hydrogens (tertiary/aromatic N) is 1. The minimum Gasteiger partial charge on any atom is -0.480 e. The van der Waals surface area contributed by atoms with E-state index in [9.17, 15) is 23.1 Å². The zero-order valence-corrected chi connectivity index (χ0v) is 19.2. The third-order valence-electron chi connectivity index (χ3n) is 5.23. The zero-order valence-electron chi connectivity index (χ0n) is 18.4. The molecule has 8 nitrogen and oxygen atoms in total. The summed E-state index contributed by atoms with van der Waals surface area (Å²) in [4.78, 5) is 24.3. The van der Waals surface area contributed by atoms with E-state index in [4.69, 9.17) is 9.47 Å². The van der Waals surface area contributed by atoms with E-state index in [2.05, 4.69) is 0 Å². The first-order valence-electron chi connectivity index (χ1n) is 10.1. The molecule has 1 aliphatic rings. The van der Waals surface area contributed by atoms with Crippen molar-refractivity contribution in [1.82, 2.24) is 4.31 Å². The topological polar surface area (TPSA) is 110 Å². The van der Waals surface area contributed by atoms with Crippen LogP contribution < -0.4 is 0 Å². The summed E-state index contributed by atoms with van der Waals surface area (Å²) in [6.07, 6.45) is 0. The second-order valence-corrected chi connectivity index (χ2v) is 10.5. The highest BCUT2D eigenvalue weighted by molar-refractivity contribution is 7.92. The van der Waals surface area contributed by atoms with E-state index in [0.717, 1.165) is 22.5 Å². The molecular weight excluding hydrogens is 434 g/mol. The van der Waals surface area contributed by atoms with Crippen molar-refractivity contribution in [1.29, 1.82) is 0 Å². The Bertz CT molecular complexity index is 1080. The van der Waals surface area contributed by atoms with E-state index in [-0.39, 0.29) is 6.61 Å². The zero-order chi connectivity index (χ0) is 23.7. The summed E-state index contributed by atoms with van der Waals surface area (Å²) in [5, 5.41) is 8.25. The highest BCUT2D eigenvalue weighted by Crippen LogP contribution is 2.45. The molecular formula is C23H27NO7S. The lowest BCUT2D eigenvalue weighted by atomic mass is 9.97. The molecule has 2 unspecified atom stereocenters. The predicted molar refractivity (Wildman–Crippen MR) is 118 cm³/mol. The fourth-order valence-electron chi connectivity index (χ4n) is 3.67. The molecule has 3 atom stereocenters. The van der Waals surface area contributed by atoms with Crippen molar-refractivity contribution in [2.75, 3.05) is 13.7 Å². The second-order valence-electron chi connectivity index (χ2n) is 8.53. The number of rotatable bonds is 7. The molecule has 0 spiro atoms. The van der Waals surface area contributed by atoms with Crippen LogP contribution in [0.25, 0.3) is 11.1 Å². The number of methoxy groups -OCH3 is 1. The van der Waals surface area contributed by atoms with Gasteiger partial charge in [-0.1, -0.05) is 54.6 Å². The van der Waals surface area contributed by atoms with Gasteiger partial charge in [-0.05, 0) is 37.5 Å². The molecule has 3 rings (SSSR count). The minimum atomic E-state index is -4.25. The Kier molecular flexibility index (Phi) is 6.73. The van der Waals surface area contributed by atoms with Gasteiger partial charge in [-0.15, -0.1) is 0 Å². The van der Waals surface area contributed by atoms with Crippen LogP contribution >= 0.6 is 0 Å². The van der Waals surface area contributed by atoms with E-state index in [1.54, 1.807) is 32.9 Å². The lowest BCUT2D eigenvalue weighted by molar-refractivity contribution is -0.151. The van der Waals surface area contributed by atoms with Crippen LogP contribution in [0.4, 0.5) is 0 Å². The van der Waals surface area contributed by atoms with E-state index in [1.807, 2.05) is 42.5 Å². The Balaban J connectivity index is 2.00. The average Bonchev–Trinajstić information content (AvgIpc) is 2.74. The summed E-state index contributed by atoms with van der Waals surface area (Å²) in [5.74, 6) is -2.29. The first-order valence-corrected chi connectivity index (χ1v) is 11.6. The minimum absolute atomic E-state index is 0.357. The first-order chi connectivity index (χ1) is 15.0. The molecule has 0 aromatic heterocycles. The Hall–Kier alpha value is -2.75. The maximum Gasteiger partial charge on any atom is 0.327 e. The molecule has 1 aliphatic heterocycles. The Labute approximate surface area is 187 Å². The molecule has 1 saturated heterocycles. The highest BCUT2D eigenvalue weighted by atomic mass is 32.2. The van der Waals surface area contributed by atoms with E-state index < -0.39 is 44.9 Å². The number of esters is 1. The lowest BCUT2D eigenvalue weighted by Crippen LogP contribution is -2.67. The fraction of sp³-hybridized carbons (Fsp3) is 0.391. The van der Waals surface area contributed by atoms with Gasteiger partial charge >= 0.3 is 11.9 Å². The first kappa shape index (κ1) is 23.9. The number of aliphatic carboxylic acids is 1. The quantitative estimate of drug-likeness (QED) is 0.631. The molecule has 0 amide bonds. The maximum atomic E-state index is 13.0. The van der Waals surface area contributed by atoms with Crippen LogP contribution in [0.15, 0.2) is 54.6 Å². The molecule has 2 aromatic rings. The second kappa shape index (κ2) is 9.01. The molecule has 0 aliphatic carbocycles. The van der Waals surface area contributed by atoms with Gasteiger partial charge in [-0.25, -0.2) is 8.42 Å². The Morgan fingerprint density at radius 2 is 1.59 bits per heavy atom. The number of ether oxygens (including phenoxy) is 2. The van der Waals surface area contributed by atoms with Crippen LogP contribution in [-0.2, 0) is 29.1 Å². The average molecular weight is 462 g/mol. The summed E-state index contributed by atoms with van der Waals surface area (Å²) >= 11 is 0. The monoisotopic (exact) mass is 461 g/mol.